The van der Waals surface area contributed by atoms with Crippen LogP contribution in [-0.2, 0) is 32.7 Å². The van der Waals surface area contributed by atoms with E-state index < -0.39 is 7.32 Å². The van der Waals surface area contributed by atoms with Crippen LogP contribution < -0.4 is 0 Å². The second kappa shape index (κ2) is 15.9. The molecule has 0 rings (SSSR count). The second-order valence-corrected chi connectivity index (χ2v) is 0.346. The molecule has 31 valence electrons. The van der Waals surface area contributed by atoms with E-state index in [4.69, 9.17) is 15.1 Å². The Morgan fingerprint density at radius 3 is 1.00 bits per heavy atom. The van der Waals surface area contributed by atoms with E-state index >= 15 is 0 Å². The molecule has 0 aliphatic heterocycles. The van der Waals surface area contributed by atoms with Crippen molar-refractivity contribution in [2.24, 2.45) is 0 Å². The van der Waals surface area contributed by atoms with Gasteiger partial charge in [-0.3, -0.25) is 0 Å². The summed E-state index contributed by atoms with van der Waals surface area (Å²) >= 11 is 0. The van der Waals surface area contributed by atoms with Crippen LogP contribution in [0, 0.1) is 0 Å². The van der Waals surface area contributed by atoms with Crippen LogP contribution in [0.15, 0.2) is 0 Å². The number of hydrogen-bond donors (Lipinski definition) is 3. The monoisotopic (exact) mass is 183 g/mol. The van der Waals surface area contributed by atoms with E-state index in [-0.39, 0.29) is 81.1 Å². The first-order valence-corrected chi connectivity index (χ1v) is 0.775. The van der Waals surface area contributed by atoms with Crippen LogP contribution >= 0.6 is 0 Å². The van der Waals surface area contributed by atoms with Crippen LogP contribution in [0.3, 0.4) is 0 Å². The van der Waals surface area contributed by atoms with Gasteiger partial charge in [0, 0.05) is 32.7 Å². The molecule has 0 unspecified atom stereocenters. The zero-order valence-electron chi connectivity index (χ0n) is 2.50. The molecule has 3 nitrogen and oxygen atoms in total. The standard InChI is InChI=1S/BH3O3.Li.Na.Y.2H/c2-1(3)4;;;;;/h2-4H;;;;;. The van der Waals surface area contributed by atoms with Crippen molar-refractivity contribution in [1.29, 1.82) is 0 Å². The molecular formula is H5BLiNaO3Y. The predicted octanol–water partition coefficient (Wildman–Crippen LogP) is -3.35. The largest absolute Gasteiger partial charge is 0 e. The van der Waals surface area contributed by atoms with Gasteiger partial charge in [0.25, 0.3) is 0 Å². The quantitative estimate of drug-likeness (QED) is 0.343. The molecule has 0 aliphatic carbocycles. The van der Waals surface area contributed by atoms with Crippen molar-refractivity contribution in [1.82, 2.24) is 0 Å². The van der Waals surface area contributed by atoms with Crippen LogP contribution in [0.5, 0.6) is 0 Å². The van der Waals surface area contributed by atoms with Crippen LogP contribution in [0.4, 0.5) is 0 Å². The average Bonchev–Trinajstić information content (AvgIpc) is 0.811. The summed E-state index contributed by atoms with van der Waals surface area (Å²) in [6.45, 7) is 0. The molecule has 0 saturated heterocycles. The summed E-state index contributed by atoms with van der Waals surface area (Å²) < 4.78 is 0. The zero-order valence-corrected chi connectivity index (χ0v) is 5.33. The van der Waals surface area contributed by atoms with E-state index in [9.17, 15) is 0 Å². The second-order valence-electron chi connectivity index (χ2n) is 0.346. The van der Waals surface area contributed by atoms with Gasteiger partial charge in [-0.05, 0) is 0 Å². The molecule has 0 saturated carbocycles. The predicted molar refractivity (Wildman–Crippen MR) is 26.7 cm³/mol. The fraction of sp³-hybridized carbons (Fsp3) is 0. The molecule has 7 heavy (non-hydrogen) atoms. The van der Waals surface area contributed by atoms with E-state index in [1.54, 1.807) is 0 Å². The SMILES string of the molecule is OB(O)O.[LiH].[NaH].[Y]. The summed E-state index contributed by atoms with van der Waals surface area (Å²) in [4.78, 5) is 0. The fourth-order valence-corrected chi connectivity index (χ4v) is 0. The fourth-order valence-electron chi connectivity index (χ4n) is 0. The minimum absolute atomic E-state index is 0. The molecule has 0 aromatic carbocycles. The van der Waals surface area contributed by atoms with E-state index in [0.717, 1.165) is 0 Å². The van der Waals surface area contributed by atoms with Crippen molar-refractivity contribution >= 4 is 55.7 Å². The first-order valence-electron chi connectivity index (χ1n) is 0.775. The average molecular weight is 183 g/mol. The Bertz CT molecular complexity index is 19.7. The van der Waals surface area contributed by atoms with Gasteiger partial charge in [0.15, 0.2) is 0 Å². The van der Waals surface area contributed by atoms with Gasteiger partial charge in [0.2, 0.25) is 0 Å². The van der Waals surface area contributed by atoms with Crippen LogP contribution in [0.1, 0.15) is 0 Å². The maximum absolute atomic E-state index is 7.17. The van der Waals surface area contributed by atoms with E-state index in [2.05, 4.69) is 0 Å². The van der Waals surface area contributed by atoms with Gasteiger partial charge in [0.1, 0.15) is 0 Å². The summed E-state index contributed by atoms with van der Waals surface area (Å²) in [7, 11) is -2.17. The minimum Gasteiger partial charge on any atom is 0 e. The molecule has 0 atom stereocenters. The molecular weight excluding hydrogens is 178 g/mol. The van der Waals surface area contributed by atoms with Crippen LogP contribution in [-0.4, -0.2) is 70.8 Å². The van der Waals surface area contributed by atoms with Crippen molar-refractivity contribution in [3.63, 3.8) is 0 Å². The third-order valence-corrected chi connectivity index (χ3v) is 0. The van der Waals surface area contributed by atoms with Gasteiger partial charge in [-0.15, -0.1) is 0 Å². The first-order chi connectivity index (χ1) is 1.73. The van der Waals surface area contributed by atoms with Gasteiger partial charge in [0.05, 0.1) is 0 Å². The molecule has 0 spiro atoms. The van der Waals surface area contributed by atoms with Gasteiger partial charge < -0.3 is 15.1 Å². The van der Waals surface area contributed by atoms with Crippen LogP contribution in [0.2, 0.25) is 0 Å². The van der Waals surface area contributed by atoms with Crippen molar-refractivity contribution in [2.45, 2.75) is 0 Å². The molecule has 3 N–H and O–H groups in total. The Morgan fingerprint density at radius 2 is 1.00 bits per heavy atom. The summed E-state index contributed by atoms with van der Waals surface area (Å²) in [5.74, 6) is 0. The molecule has 0 heterocycles. The summed E-state index contributed by atoms with van der Waals surface area (Å²) in [5.41, 5.74) is 0. The Morgan fingerprint density at radius 1 is 1.00 bits per heavy atom. The first kappa shape index (κ1) is 22.6. The maximum Gasteiger partial charge on any atom is 0 e. The van der Waals surface area contributed by atoms with Crippen molar-refractivity contribution in [3.05, 3.63) is 0 Å². The Balaban J connectivity index is -0.0000000150. The minimum atomic E-state index is -2.17. The van der Waals surface area contributed by atoms with Gasteiger partial charge in [-0.25, -0.2) is 0 Å². The topological polar surface area (TPSA) is 60.7 Å². The summed E-state index contributed by atoms with van der Waals surface area (Å²) in [6, 6.07) is 0. The molecule has 0 aromatic rings. The molecule has 0 amide bonds. The normalized spacial score (nSPS) is 3.86. The molecule has 0 aromatic heterocycles. The van der Waals surface area contributed by atoms with E-state index in [1.165, 1.54) is 0 Å². The smallest absolute Gasteiger partial charge is 0 e. The third-order valence-electron chi connectivity index (χ3n) is 0. The molecule has 7 heteroatoms. The third kappa shape index (κ3) is 54.5. The molecule has 0 aliphatic rings. The Labute approximate surface area is 102 Å². The Hall–Kier alpha value is 2.65. The number of rotatable bonds is 0. The van der Waals surface area contributed by atoms with Gasteiger partial charge in [-0.2, -0.15) is 0 Å². The summed E-state index contributed by atoms with van der Waals surface area (Å²) in [6.07, 6.45) is 0. The maximum atomic E-state index is 7.17. The summed E-state index contributed by atoms with van der Waals surface area (Å²) in [5, 5.41) is 21.5. The molecule has 0 bridgehead atoms. The van der Waals surface area contributed by atoms with E-state index in [1.807, 2.05) is 0 Å². The zero-order chi connectivity index (χ0) is 3.58. The van der Waals surface area contributed by atoms with Crippen LogP contribution in [0.25, 0.3) is 0 Å². The van der Waals surface area contributed by atoms with Crippen molar-refractivity contribution < 1.29 is 47.8 Å². The van der Waals surface area contributed by atoms with Gasteiger partial charge >= 0.3 is 55.7 Å². The number of hydrogen-bond acceptors (Lipinski definition) is 3. The van der Waals surface area contributed by atoms with E-state index in [0.29, 0.717) is 0 Å². The van der Waals surface area contributed by atoms with Gasteiger partial charge in [-0.1, -0.05) is 0 Å². The Kier molecular flexibility index (Phi) is 51.2. The van der Waals surface area contributed by atoms with Crippen molar-refractivity contribution in [2.75, 3.05) is 0 Å². The van der Waals surface area contributed by atoms with Crippen molar-refractivity contribution in [3.8, 4) is 0 Å². The molecule has 0 fully saturated rings. The molecule has 1 radical (unpaired) electrons.